The van der Waals surface area contributed by atoms with Crippen molar-refractivity contribution in [2.45, 2.75) is 0 Å². The SMILES string of the molecule is COC(=O)/C=C/c1ccc(OC)c(O)c1OC. The number of methoxy groups -OCH3 is 3. The molecule has 0 spiro atoms. The van der Waals surface area contributed by atoms with Crippen LogP contribution in [0.3, 0.4) is 0 Å². The molecular formula is C12H14O5. The van der Waals surface area contributed by atoms with Crippen LogP contribution in [0.5, 0.6) is 17.2 Å². The Hall–Kier alpha value is -2.17. The summed E-state index contributed by atoms with van der Waals surface area (Å²) in [7, 11) is 4.15. The summed E-state index contributed by atoms with van der Waals surface area (Å²) in [5.41, 5.74) is 0.552. The molecule has 0 saturated carbocycles. The zero-order chi connectivity index (χ0) is 12.8. The minimum absolute atomic E-state index is 0.109. The second kappa shape index (κ2) is 5.79. The van der Waals surface area contributed by atoms with Crippen LogP contribution in [0.15, 0.2) is 18.2 Å². The number of carbonyl (C=O) groups is 1. The zero-order valence-electron chi connectivity index (χ0n) is 9.89. The van der Waals surface area contributed by atoms with Gasteiger partial charge in [-0.25, -0.2) is 4.79 Å². The normalized spacial score (nSPS) is 10.3. The van der Waals surface area contributed by atoms with Gasteiger partial charge in [0.25, 0.3) is 0 Å². The van der Waals surface area contributed by atoms with Crippen molar-refractivity contribution in [3.05, 3.63) is 23.8 Å². The van der Waals surface area contributed by atoms with Crippen molar-refractivity contribution in [1.82, 2.24) is 0 Å². The maximum atomic E-state index is 11.0. The third-order valence-electron chi connectivity index (χ3n) is 2.15. The van der Waals surface area contributed by atoms with E-state index in [-0.39, 0.29) is 11.5 Å². The van der Waals surface area contributed by atoms with Crippen LogP contribution in [0.1, 0.15) is 5.56 Å². The molecule has 1 aromatic carbocycles. The molecule has 1 rings (SSSR count). The molecule has 0 amide bonds. The van der Waals surface area contributed by atoms with Gasteiger partial charge < -0.3 is 19.3 Å². The Morgan fingerprint density at radius 3 is 2.47 bits per heavy atom. The third-order valence-corrected chi connectivity index (χ3v) is 2.15. The maximum absolute atomic E-state index is 11.0. The van der Waals surface area contributed by atoms with Gasteiger partial charge in [-0.1, -0.05) is 0 Å². The Morgan fingerprint density at radius 1 is 1.24 bits per heavy atom. The standard InChI is InChI=1S/C12H14O5/c1-15-9-6-4-8(5-7-10(13)16-2)12(17-3)11(9)14/h4-7,14H,1-3H3/b7-5+. The van der Waals surface area contributed by atoms with Crippen LogP contribution in [-0.2, 0) is 9.53 Å². The highest BCUT2D eigenvalue weighted by Gasteiger charge is 2.12. The molecule has 0 aliphatic carbocycles. The molecule has 0 saturated heterocycles. The van der Waals surface area contributed by atoms with Crippen LogP contribution in [0.2, 0.25) is 0 Å². The molecule has 0 bridgehead atoms. The van der Waals surface area contributed by atoms with Gasteiger partial charge in [-0.3, -0.25) is 0 Å². The minimum Gasteiger partial charge on any atom is -0.502 e. The first kappa shape index (κ1) is 12.9. The lowest BCUT2D eigenvalue weighted by Crippen LogP contribution is -1.95. The van der Waals surface area contributed by atoms with E-state index < -0.39 is 5.97 Å². The highest BCUT2D eigenvalue weighted by atomic mass is 16.5. The molecule has 1 aromatic rings. The maximum Gasteiger partial charge on any atom is 0.330 e. The molecule has 17 heavy (non-hydrogen) atoms. The van der Waals surface area contributed by atoms with E-state index in [0.29, 0.717) is 11.3 Å². The molecule has 5 heteroatoms. The van der Waals surface area contributed by atoms with Crippen LogP contribution in [-0.4, -0.2) is 32.4 Å². The molecule has 0 fully saturated rings. The first-order valence-electron chi connectivity index (χ1n) is 4.84. The molecule has 0 unspecified atom stereocenters. The highest BCUT2D eigenvalue weighted by Crippen LogP contribution is 2.39. The Morgan fingerprint density at radius 2 is 1.94 bits per heavy atom. The second-order valence-electron chi connectivity index (χ2n) is 3.10. The van der Waals surface area contributed by atoms with E-state index in [2.05, 4.69) is 4.74 Å². The molecule has 92 valence electrons. The van der Waals surface area contributed by atoms with Gasteiger partial charge in [-0.2, -0.15) is 0 Å². The summed E-state index contributed by atoms with van der Waals surface area (Å²) in [6, 6.07) is 3.24. The topological polar surface area (TPSA) is 65.0 Å². The van der Waals surface area contributed by atoms with E-state index in [1.165, 1.54) is 33.5 Å². The van der Waals surface area contributed by atoms with Crippen molar-refractivity contribution in [2.24, 2.45) is 0 Å². The summed E-state index contributed by atoms with van der Waals surface area (Å²) in [5, 5.41) is 9.79. The number of ether oxygens (including phenoxy) is 3. The van der Waals surface area contributed by atoms with Gasteiger partial charge in [0, 0.05) is 11.6 Å². The van der Waals surface area contributed by atoms with Crippen molar-refractivity contribution in [2.75, 3.05) is 21.3 Å². The molecule has 5 nitrogen and oxygen atoms in total. The van der Waals surface area contributed by atoms with Crippen LogP contribution >= 0.6 is 0 Å². The first-order valence-corrected chi connectivity index (χ1v) is 4.84. The van der Waals surface area contributed by atoms with Gasteiger partial charge in [0.2, 0.25) is 5.75 Å². The Bertz CT molecular complexity index is 437. The molecular weight excluding hydrogens is 224 g/mol. The number of aromatic hydroxyl groups is 1. The number of rotatable bonds is 4. The molecule has 0 atom stereocenters. The Balaban J connectivity index is 3.13. The van der Waals surface area contributed by atoms with Crippen LogP contribution in [0.4, 0.5) is 0 Å². The molecule has 0 radical (unpaired) electrons. The number of carbonyl (C=O) groups excluding carboxylic acids is 1. The van der Waals surface area contributed by atoms with Gasteiger partial charge in [0.15, 0.2) is 11.5 Å². The van der Waals surface area contributed by atoms with E-state index in [4.69, 9.17) is 9.47 Å². The molecule has 0 heterocycles. The average molecular weight is 238 g/mol. The number of phenols is 1. The van der Waals surface area contributed by atoms with Gasteiger partial charge >= 0.3 is 5.97 Å². The number of esters is 1. The van der Waals surface area contributed by atoms with Crippen molar-refractivity contribution < 1.29 is 24.1 Å². The van der Waals surface area contributed by atoms with E-state index in [0.717, 1.165) is 0 Å². The van der Waals surface area contributed by atoms with Crippen molar-refractivity contribution in [3.8, 4) is 17.2 Å². The lowest BCUT2D eigenvalue weighted by Gasteiger charge is -2.10. The predicted molar refractivity (Wildman–Crippen MR) is 62.3 cm³/mol. The second-order valence-corrected chi connectivity index (χ2v) is 3.10. The number of phenolic OH excluding ortho intramolecular Hbond substituents is 1. The fraction of sp³-hybridized carbons (Fsp3) is 0.250. The number of hydrogen-bond acceptors (Lipinski definition) is 5. The molecule has 1 N–H and O–H groups in total. The fourth-order valence-electron chi connectivity index (χ4n) is 1.31. The van der Waals surface area contributed by atoms with Gasteiger partial charge in [-0.15, -0.1) is 0 Å². The molecule has 0 aliphatic rings. The van der Waals surface area contributed by atoms with Crippen LogP contribution < -0.4 is 9.47 Å². The van der Waals surface area contributed by atoms with Gasteiger partial charge in [-0.05, 0) is 18.2 Å². The average Bonchev–Trinajstić information content (AvgIpc) is 2.35. The number of benzene rings is 1. The largest absolute Gasteiger partial charge is 0.502 e. The summed E-state index contributed by atoms with van der Waals surface area (Å²) in [6.45, 7) is 0. The molecule has 0 aromatic heterocycles. The first-order chi connectivity index (χ1) is 8.13. The summed E-state index contributed by atoms with van der Waals surface area (Å²) >= 11 is 0. The van der Waals surface area contributed by atoms with Crippen molar-refractivity contribution >= 4 is 12.0 Å². The Labute approximate surface area is 99.2 Å². The fourth-order valence-corrected chi connectivity index (χ4v) is 1.31. The lowest BCUT2D eigenvalue weighted by atomic mass is 10.1. The van der Waals surface area contributed by atoms with Crippen LogP contribution in [0, 0.1) is 0 Å². The van der Waals surface area contributed by atoms with E-state index in [1.807, 2.05) is 0 Å². The van der Waals surface area contributed by atoms with E-state index in [9.17, 15) is 9.90 Å². The zero-order valence-corrected chi connectivity index (χ0v) is 9.89. The predicted octanol–water partition coefficient (Wildman–Crippen LogP) is 1.60. The van der Waals surface area contributed by atoms with Gasteiger partial charge in [0.1, 0.15) is 0 Å². The minimum atomic E-state index is -0.484. The van der Waals surface area contributed by atoms with Crippen molar-refractivity contribution in [3.63, 3.8) is 0 Å². The monoisotopic (exact) mass is 238 g/mol. The van der Waals surface area contributed by atoms with E-state index in [1.54, 1.807) is 12.1 Å². The van der Waals surface area contributed by atoms with Crippen LogP contribution in [0.25, 0.3) is 6.08 Å². The quantitative estimate of drug-likeness (QED) is 0.637. The molecule has 0 aliphatic heterocycles. The Kier molecular flexibility index (Phi) is 4.39. The summed E-state index contributed by atoms with van der Waals surface area (Å²) in [5.74, 6) is -0.0500. The summed E-state index contributed by atoms with van der Waals surface area (Å²) in [4.78, 5) is 11.0. The highest BCUT2D eigenvalue weighted by molar-refractivity contribution is 5.87. The van der Waals surface area contributed by atoms with Gasteiger partial charge in [0.05, 0.1) is 21.3 Å². The summed E-state index contributed by atoms with van der Waals surface area (Å²) in [6.07, 6.45) is 2.73. The summed E-state index contributed by atoms with van der Waals surface area (Å²) < 4.78 is 14.5. The number of hydrogen-bond donors (Lipinski definition) is 1. The smallest absolute Gasteiger partial charge is 0.330 e. The third kappa shape index (κ3) is 2.90. The van der Waals surface area contributed by atoms with E-state index >= 15 is 0 Å². The van der Waals surface area contributed by atoms with Crippen molar-refractivity contribution in [1.29, 1.82) is 0 Å². The lowest BCUT2D eigenvalue weighted by molar-refractivity contribution is -0.134.